The number of hydrogen-bond donors (Lipinski definition) is 0. The molecule has 0 saturated carbocycles. The second-order valence-corrected chi connectivity index (χ2v) is 7.39. The Morgan fingerprint density at radius 3 is 2.69 bits per heavy atom. The minimum absolute atomic E-state index is 0.172. The Kier molecular flexibility index (Phi) is 5.64. The minimum atomic E-state index is 0.172. The molecule has 0 N–H and O–H groups in total. The van der Waals surface area contributed by atoms with Crippen molar-refractivity contribution in [2.45, 2.75) is 31.6 Å². The number of piperidine rings is 1. The van der Waals surface area contributed by atoms with Gasteiger partial charge in [0, 0.05) is 37.7 Å². The van der Waals surface area contributed by atoms with Crippen LogP contribution in [0.15, 0.2) is 42.6 Å². The van der Waals surface area contributed by atoms with Gasteiger partial charge in [-0.1, -0.05) is 6.07 Å². The summed E-state index contributed by atoms with van der Waals surface area (Å²) in [6.07, 6.45) is 5.10. The first-order valence-corrected chi connectivity index (χ1v) is 9.97. The summed E-state index contributed by atoms with van der Waals surface area (Å²) in [6.45, 7) is 1.49. The number of hydrogen-bond acceptors (Lipinski definition) is 5. The van der Waals surface area contributed by atoms with Crippen molar-refractivity contribution in [3.05, 3.63) is 54.0 Å². The summed E-state index contributed by atoms with van der Waals surface area (Å²) in [7, 11) is 3.26. The number of likely N-dealkylation sites (tertiary alicyclic amines) is 1. The molecule has 7 nitrogen and oxygen atoms in total. The molecule has 1 aliphatic heterocycles. The van der Waals surface area contributed by atoms with Gasteiger partial charge in [-0.05, 0) is 49.1 Å². The fourth-order valence-corrected chi connectivity index (χ4v) is 3.97. The second-order valence-electron chi connectivity index (χ2n) is 7.39. The minimum Gasteiger partial charge on any atom is -0.497 e. The van der Waals surface area contributed by atoms with Gasteiger partial charge in [-0.15, -0.1) is 10.2 Å². The zero-order chi connectivity index (χ0) is 20.2. The van der Waals surface area contributed by atoms with E-state index >= 15 is 0 Å². The highest BCUT2D eigenvalue weighted by Gasteiger charge is 2.27. The highest BCUT2D eigenvalue weighted by molar-refractivity contribution is 5.76. The third-order valence-corrected chi connectivity index (χ3v) is 5.52. The van der Waals surface area contributed by atoms with Crippen LogP contribution in [0.3, 0.4) is 0 Å². The van der Waals surface area contributed by atoms with E-state index < -0.39 is 0 Å². The van der Waals surface area contributed by atoms with E-state index in [2.05, 4.69) is 10.2 Å². The molecule has 2 aromatic heterocycles. The summed E-state index contributed by atoms with van der Waals surface area (Å²) in [4.78, 5) is 14.8. The molecule has 0 radical (unpaired) electrons. The van der Waals surface area contributed by atoms with E-state index in [1.54, 1.807) is 14.2 Å². The number of ether oxygens (including phenoxy) is 2. The lowest BCUT2D eigenvalue weighted by Gasteiger charge is -2.32. The van der Waals surface area contributed by atoms with Gasteiger partial charge in [0.1, 0.15) is 17.3 Å². The zero-order valence-electron chi connectivity index (χ0n) is 16.9. The lowest BCUT2D eigenvalue weighted by Crippen LogP contribution is -2.39. The van der Waals surface area contributed by atoms with Gasteiger partial charge in [0.2, 0.25) is 5.91 Å². The number of fused-ring (bicyclic) bond motifs is 1. The van der Waals surface area contributed by atoms with E-state index in [4.69, 9.17) is 9.47 Å². The number of rotatable bonds is 6. The van der Waals surface area contributed by atoms with Crippen molar-refractivity contribution in [1.29, 1.82) is 0 Å². The summed E-state index contributed by atoms with van der Waals surface area (Å²) in [6, 6.07) is 11.6. The van der Waals surface area contributed by atoms with Crippen molar-refractivity contribution in [2.75, 3.05) is 27.3 Å². The van der Waals surface area contributed by atoms with Crippen molar-refractivity contribution in [3.8, 4) is 11.5 Å². The molecular weight excluding hydrogens is 368 g/mol. The molecule has 1 fully saturated rings. The molecule has 0 spiro atoms. The largest absolute Gasteiger partial charge is 0.497 e. The fraction of sp³-hybridized carbons (Fsp3) is 0.409. The van der Waals surface area contributed by atoms with Crippen molar-refractivity contribution in [2.24, 2.45) is 0 Å². The lowest BCUT2D eigenvalue weighted by atomic mass is 9.96. The summed E-state index contributed by atoms with van der Waals surface area (Å²) in [5, 5.41) is 8.65. The zero-order valence-corrected chi connectivity index (χ0v) is 16.9. The van der Waals surface area contributed by atoms with E-state index in [9.17, 15) is 4.79 Å². The first-order chi connectivity index (χ1) is 14.2. The van der Waals surface area contributed by atoms with E-state index in [-0.39, 0.29) is 11.8 Å². The van der Waals surface area contributed by atoms with Crippen LogP contribution in [0.2, 0.25) is 0 Å². The third kappa shape index (κ3) is 4.18. The highest BCUT2D eigenvalue weighted by Crippen LogP contribution is 2.27. The molecule has 0 bridgehead atoms. The van der Waals surface area contributed by atoms with Gasteiger partial charge in [0.25, 0.3) is 0 Å². The van der Waals surface area contributed by atoms with Crippen LogP contribution >= 0.6 is 0 Å². The number of nitrogens with zero attached hydrogens (tertiary/aromatic N) is 4. The number of amides is 1. The monoisotopic (exact) mass is 394 g/mol. The van der Waals surface area contributed by atoms with Crippen molar-refractivity contribution in [1.82, 2.24) is 19.5 Å². The molecule has 29 heavy (non-hydrogen) atoms. The van der Waals surface area contributed by atoms with Gasteiger partial charge in [-0.3, -0.25) is 9.20 Å². The molecule has 152 valence electrons. The maximum Gasteiger partial charge on any atom is 0.222 e. The number of pyridine rings is 1. The predicted octanol–water partition coefficient (Wildman–Crippen LogP) is 3.09. The van der Waals surface area contributed by atoms with Crippen LogP contribution in [0.25, 0.3) is 5.65 Å². The Hall–Kier alpha value is -3.09. The maximum absolute atomic E-state index is 12.9. The van der Waals surface area contributed by atoms with Gasteiger partial charge in [0.15, 0.2) is 5.65 Å². The smallest absolute Gasteiger partial charge is 0.222 e. The first kappa shape index (κ1) is 19.2. The molecule has 1 amide bonds. The Morgan fingerprint density at radius 1 is 1.14 bits per heavy atom. The van der Waals surface area contributed by atoms with Crippen LogP contribution in [0.5, 0.6) is 11.5 Å². The Bertz CT molecular complexity index is 978. The third-order valence-electron chi connectivity index (χ3n) is 5.52. The molecule has 3 heterocycles. The average Bonchev–Trinajstić information content (AvgIpc) is 3.21. The van der Waals surface area contributed by atoms with E-state index in [1.807, 2.05) is 51.9 Å². The average molecular weight is 394 g/mol. The summed E-state index contributed by atoms with van der Waals surface area (Å²) < 4.78 is 12.7. The molecule has 0 aliphatic carbocycles. The summed E-state index contributed by atoms with van der Waals surface area (Å²) in [5.74, 6) is 2.80. The highest BCUT2D eigenvalue weighted by atomic mass is 16.5. The maximum atomic E-state index is 12.9. The van der Waals surface area contributed by atoms with Crippen LogP contribution < -0.4 is 9.47 Å². The number of aromatic nitrogens is 3. The van der Waals surface area contributed by atoms with Crippen LogP contribution in [-0.2, 0) is 11.2 Å². The topological polar surface area (TPSA) is 69.0 Å². The quantitative estimate of drug-likeness (QED) is 0.643. The molecule has 3 aromatic rings. The van der Waals surface area contributed by atoms with Gasteiger partial charge in [0.05, 0.1) is 14.2 Å². The summed E-state index contributed by atoms with van der Waals surface area (Å²) in [5.41, 5.74) is 1.88. The fourth-order valence-electron chi connectivity index (χ4n) is 3.97. The van der Waals surface area contributed by atoms with Gasteiger partial charge < -0.3 is 14.4 Å². The number of carbonyl (C=O) groups excluding carboxylic acids is 1. The van der Waals surface area contributed by atoms with Crippen molar-refractivity contribution < 1.29 is 14.3 Å². The van der Waals surface area contributed by atoms with E-state index in [0.29, 0.717) is 19.4 Å². The lowest BCUT2D eigenvalue weighted by molar-refractivity contribution is -0.132. The SMILES string of the molecule is COc1cc(CCC(=O)N2CCC[C@@H](c3nnc4ccccn34)C2)cc(OC)c1. The number of carbonyl (C=O) groups is 1. The normalized spacial score (nSPS) is 16.8. The Labute approximate surface area is 170 Å². The van der Waals surface area contributed by atoms with Crippen LogP contribution in [-0.4, -0.2) is 52.7 Å². The molecule has 1 atom stereocenters. The predicted molar refractivity (Wildman–Crippen MR) is 109 cm³/mol. The molecule has 1 aliphatic rings. The molecule has 0 unspecified atom stereocenters. The van der Waals surface area contributed by atoms with Crippen LogP contribution in [0, 0.1) is 0 Å². The Balaban J connectivity index is 1.41. The molecule has 1 aromatic carbocycles. The molecule has 1 saturated heterocycles. The molecule has 7 heteroatoms. The van der Waals surface area contributed by atoms with Gasteiger partial charge >= 0.3 is 0 Å². The van der Waals surface area contributed by atoms with E-state index in [0.717, 1.165) is 47.9 Å². The van der Waals surface area contributed by atoms with Crippen LogP contribution in [0.1, 0.15) is 36.6 Å². The second kappa shape index (κ2) is 8.51. The van der Waals surface area contributed by atoms with Crippen molar-refractivity contribution in [3.63, 3.8) is 0 Å². The first-order valence-electron chi connectivity index (χ1n) is 9.97. The molecule has 4 rings (SSSR count). The van der Waals surface area contributed by atoms with Crippen LogP contribution in [0.4, 0.5) is 0 Å². The van der Waals surface area contributed by atoms with Gasteiger partial charge in [-0.2, -0.15) is 0 Å². The summed E-state index contributed by atoms with van der Waals surface area (Å²) >= 11 is 0. The van der Waals surface area contributed by atoms with Gasteiger partial charge in [-0.25, -0.2) is 0 Å². The number of benzene rings is 1. The van der Waals surface area contributed by atoms with Crippen molar-refractivity contribution >= 4 is 11.6 Å². The standard InChI is InChI=1S/C22H26N4O3/c1-28-18-12-16(13-19(14-18)29-2)8-9-21(27)25-10-5-6-17(15-25)22-24-23-20-7-3-4-11-26(20)22/h3-4,7,11-14,17H,5-6,8-10,15H2,1-2H3/t17-/m1/s1. The number of methoxy groups -OCH3 is 2. The van der Waals surface area contributed by atoms with E-state index in [1.165, 1.54) is 0 Å². The molecular formula is C22H26N4O3. The Morgan fingerprint density at radius 2 is 1.93 bits per heavy atom. The number of aryl methyl sites for hydroxylation is 1.